The summed E-state index contributed by atoms with van der Waals surface area (Å²) in [4.78, 5) is 13.9. The fraction of sp³-hybridized carbons (Fsp3) is 0.923. The second-order valence-corrected chi connectivity index (χ2v) is 4.77. The number of methoxy groups -OCH3 is 1. The predicted molar refractivity (Wildman–Crippen MR) is 74.5 cm³/mol. The van der Waals surface area contributed by atoms with Gasteiger partial charge in [-0.1, -0.05) is 6.92 Å². The number of hydrogen-bond donors (Lipinski definition) is 2. The molecule has 18 heavy (non-hydrogen) atoms. The van der Waals surface area contributed by atoms with Crippen molar-refractivity contribution < 1.29 is 9.53 Å². The summed E-state index contributed by atoms with van der Waals surface area (Å²) in [5.41, 5.74) is 5.78. The van der Waals surface area contributed by atoms with E-state index in [1.165, 1.54) is 0 Å². The fourth-order valence-electron chi connectivity index (χ4n) is 1.60. The molecular formula is C13H29N3O2. The van der Waals surface area contributed by atoms with E-state index in [0.717, 1.165) is 19.4 Å². The van der Waals surface area contributed by atoms with Crippen LogP contribution in [0.5, 0.6) is 0 Å². The molecule has 2 unspecified atom stereocenters. The van der Waals surface area contributed by atoms with Gasteiger partial charge in [0.05, 0.1) is 6.04 Å². The molecule has 5 nitrogen and oxygen atoms in total. The van der Waals surface area contributed by atoms with Crippen LogP contribution < -0.4 is 11.1 Å². The maximum Gasteiger partial charge on any atom is 0.236 e. The predicted octanol–water partition coefficient (Wildman–Crippen LogP) is 0.587. The summed E-state index contributed by atoms with van der Waals surface area (Å²) >= 11 is 0. The molecule has 1 amide bonds. The number of nitrogens with zero attached hydrogens (tertiary/aromatic N) is 1. The number of amides is 1. The Hall–Kier alpha value is -0.650. The molecule has 0 aliphatic rings. The minimum absolute atomic E-state index is 0.0661. The molecule has 0 radical (unpaired) electrons. The third-order valence-electron chi connectivity index (χ3n) is 3.31. The van der Waals surface area contributed by atoms with E-state index in [4.69, 9.17) is 10.5 Å². The van der Waals surface area contributed by atoms with Crippen LogP contribution in [0.25, 0.3) is 0 Å². The van der Waals surface area contributed by atoms with Crippen molar-refractivity contribution in [2.75, 3.05) is 33.9 Å². The Balaban J connectivity index is 3.69. The van der Waals surface area contributed by atoms with Gasteiger partial charge in [-0.25, -0.2) is 0 Å². The molecule has 0 spiro atoms. The largest absolute Gasteiger partial charge is 0.385 e. The first-order chi connectivity index (χ1) is 8.52. The summed E-state index contributed by atoms with van der Waals surface area (Å²) < 4.78 is 4.93. The number of carbonyl (C=O) groups is 1. The molecule has 0 saturated carbocycles. The van der Waals surface area contributed by atoms with Crippen molar-refractivity contribution in [1.29, 1.82) is 0 Å². The molecule has 0 heterocycles. The Kier molecular flexibility index (Phi) is 9.92. The van der Waals surface area contributed by atoms with Crippen molar-refractivity contribution in [3.05, 3.63) is 0 Å². The van der Waals surface area contributed by atoms with Crippen LogP contribution >= 0.6 is 0 Å². The lowest BCUT2D eigenvalue weighted by atomic mass is 10.1. The smallest absolute Gasteiger partial charge is 0.236 e. The van der Waals surface area contributed by atoms with Gasteiger partial charge in [-0.15, -0.1) is 0 Å². The van der Waals surface area contributed by atoms with Crippen LogP contribution in [0.4, 0.5) is 0 Å². The summed E-state index contributed by atoms with van der Waals surface area (Å²) in [7, 11) is 3.72. The molecule has 108 valence electrons. The highest BCUT2D eigenvalue weighted by molar-refractivity contribution is 5.81. The molecule has 0 aliphatic carbocycles. The first-order valence-corrected chi connectivity index (χ1v) is 6.75. The lowest BCUT2D eigenvalue weighted by Crippen LogP contribution is -2.44. The van der Waals surface area contributed by atoms with Crippen LogP contribution in [-0.4, -0.2) is 56.7 Å². The van der Waals surface area contributed by atoms with Gasteiger partial charge in [-0.3, -0.25) is 4.79 Å². The maximum absolute atomic E-state index is 11.7. The van der Waals surface area contributed by atoms with Gasteiger partial charge in [0.2, 0.25) is 5.91 Å². The van der Waals surface area contributed by atoms with E-state index in [9.17, 15) is 4.79 Å². The monoisotopic (exact) mass is 259 g/mol. The normalized spacial score (nSPS) is 14.6. The molecule has 0 aromatic heterocycles. The van der Waals surface area contributed by atoms with Gasteiger partial charge < -0.3 is 20.7 Å². The molecule has 0 rings (SSSR count). The SMILES string of the molecule is CCC(C)N(C)CCNC(=O)C(N)CCCOC. The highest BCUT2D eigenvalue weighted by Crippen LogP contribution is 1.98. The second kappa shape index (κ2) is 10.3. The minimum Gasteiger partial charge on any atom is -0.385 e. The second-order valence-electron chi connectivity index (χ2n) is 4.77. The molecule has 0 saturated heterocycles. The molecular weight excluding hydrogens is 230 g/mol. The summed E-state index contributed by atoms with van der Waals surface area (Å²) in [6.07, 6.45) is 2.60. The Morgan fingerprint density at radius 2 is 2.17 bits per heavy atom. The standard InChI is InChI=1S/C13H29N3O2/c1-5-11(2)16(3)9-8-15-13(17)12(14)7-6-10-18-4/h11-12H,5-10,14H2,1-4H3,(H,15,17). The van der Waals surface area contributed by atoms with Crippen molar-refractivity contribution in [2.24, 2.45) is 5.73 Å². The number of hydrogen-bond acceptors (Lipinski definition) is 4. The van der Waals surface area contributed by atoms with Crippen LogP contribution in [-0.2, 0) is 9.53 Å². The summed E-state index contributed by atoms with van der Waals surface area (Å²) in [5.74, 6) is -0.0661. The van der Waals surface area contributed by atoms with Gasteiger partial charge in [0.15, 0.2) is 0 Å². The van der Waals surface area contributed by atoms with Crippen molar-refractivity contribution in [3.63, 3.8) is 0 Å². The highest BCUT2D eigenvalue weighted by Gasteiger charge is 2.13. The molecule has 3 N–H and O–H groups in total. The van der Waals surface area contributed by atoms with E-state index in [0.29, 0.717) is 25.6 Å². The third-order valence-corrected chi connectivity index (χ3v) is 3.31. The molecule has 0 aromatic rings. The Morgan fingerprint density at radius 3 is 2.72 bits per heavy atom. The molecule has 0 aromatic carbocycles. The first-order valence-electron chi connectivity index (χ1n) is 6.75. The molecule has 0 bridgehead atoms. The van der Waals surface area contributed by atoms with E-state index in [-0.39, 0.29) is 5.91 Å². The topological polar surface area (TPSA) is 67.6 Å². The summed E-state index contributed by atoms with van der Waals surface area (Å²) in [6, 6.07) is 0.117. The van der Waals surface area contributed by atoms with Crippen LogP contribution in [0.1, 0.15) is 33.1 Å². The number of nitrogens with one attached hydrogen (secondary N) is 1. The van der Waals surface area contributed by atoms with Crippen molar-refractivity contribution >= 4 is 5.91 Å². The minimum atomic E-state index is -0.422. The van der Waals surface area contributed by atoms with E-state index in [1.54, 1.807) is 7.11 Å². The molecule has 0 aliphatic heterocycles. The number of rotatable bonds is 10. The van der Waals surface area contributed by atoms with Gasteiger partial charge in [-0.2, -0.15) is 0 Å². The summed E-state index contributed by atoms with van der Waals surface area (Å²) in [6.45, 7) is 6.49. The average Bonchev–Trinajstić information content (AvgIpc) is 2.37. The zero-order valence-electron chi connectivity index (χ0n) is 12.2. The average molecular weight is 259 g/mol. The number of carbonyl (C=O) groups excluding carboxylic acids is 1. The van der Waals surface area contributed by atoms with Gasteiger partial charge in [0.1, 0.15) is 0 Å². The van der Waals surface area contributed by atoms with Crippen LogP contribution in [0.3, 0.4) is 0 Å². The zero-order chi connectivity index (χ0) is 14.0. The van der Waals surface area contributed by atoms with Gasteiger partial charge in [0.25, 0.3) is 0 Å². The van der Waals surface area contributed by atoms with E-state index < -0.39 is 6.04 Å². The fourth-order valence-corrected chi connectivity index (χ4v) is 1.60. The number of ether oxygens (including phenoxy) is 1. The van der Waals surface area contributed by atoms with Crippen LogP contribution in [0, 0.1) is 0 Å². The first kappa shape index (κ1) is 17.4. The highest BCUT2D eigenvalue weighted by atomic mass is 16.5. The maximum atomic E-state index is 11.7. The Bertz CT molecular complexity index is 224. The lowest BCUT2D eigenvalue weighted by Gasteiger charge is -2.23. The molecule has 0 fully saturated rings. The lowest BCUT2D eigenvalue weighted by molar-refractivity contribution is -0.122. The zero-order valence-corrected chi connectivity index (χ0v) is 12.2. The Labute approximate surface area is 111 Å². The van der Waals surface area contributed by atoms with E-state index >= 15 is 0 Å². The quantitative estimate of drug-likeness (QED) is 0.563. The molecule has 2 atom stereocenters. The van der Waals surface area contributed by atoms with Crippen LogP contribution in [0.2, 0.25) is 0 Å². The van der Waals surface area contributed by atoms with Crippen molar-refractivity contribution in [2.45, 2.75) is 45.2 Å². The Morgan fingerprint density at radius 1 is 1.50 bits per heavy atom. The van der Waals surface area contributed by atoms with Gasteiger partial charge >= 0.3 is 0 Å². The number of nitrogens with two attached hydrogens (primary N) is 1. The van der Waals surface area contributed by atoms with Crippen molar-refractivity contribution in [1.82, 2.24) is 10.2 Å². The van der Waals surface area contributed by atoms with Gasteiger partial charge in [-0.05, 0) is 33.2 Å². The third kappa shape index (κ3) is 7.63. The molecule has 5 heteroatoms. The van der Waals surface area contributed by atoms with E-state index in [1.807, 2.05) is 0 Å². The number of likely N-dealkylation sites (N-methyl/N-ethyl adjacent to an activating group) is 1. The van der Waals surface area contributed by atoms with Crippen molar-refractivity contribution in [3.8, 4) is 0 Å². The van der Waals surface area contributed by atoms with E-state index in [2.05, 4.69) is 31.1 Å². The van der Waals surface area contributed by atoms with Crippen LogP contribution in [0.15, 0.2) is 0 Å². The van der Waals surface area contributed by atoms with Gasteiger partial charge in [0, 0.05) is 32.8 Å². The summed E-state index contributed by atoms with van der Waals surface area (Å²) in [5, 5.41) is 2.87.